The Kier molecular flexibility index (Phi) is 4.36. The SMILES string of the molecule is CN(Cc1ccccc1[N+](=O)[O-])C(=O)c1ccn(C)c(=O)c1. The van der Waals surface area contributed by atoms with Gasteiger partial charge in [0.05, 0.1) is 11.5 Å². The van der Waals surface area contributed by atoms with Crippen molar-refractivity contribution in [1.82, 2.24) is 9.47 Å². The minimum absolute atomic E-state index is 0.0360. The maximum atomic E-state index is 12.3. The molecule has 0 aliphatic carbocycles. The normalized spacial score (nSPS) is 10.3. The minimum atomic E-state index is -0.480. The van der Waals surface area contributed by atoms with Gasteiger partial charge in [0.15, 0.2) is 0 Å². The minimum Gasteiger partial charge on any atom is -0.337 e. The van der Waals surface area contributed by atoms with Gasteiger partial charge < -0.3 is 9.47 Å². The highest BCUT2D eigenvalue weighted by atomic mass is 16.6. The molecule has 0 atom stereocenters. The molecule has 0 radical (unpaired) electrons. The summed E-state index contributed by atoms with van der Waals surface area (Å²) in [7, 11) is 3.13. The number of nitro benzene ring substituents is 1. The first-order valence-corrected chi connectivity index (χ1v) is 6.54. The maximum absolute atomic E-state index is 12.3. The first-order valence-electron chi connectivity index (χ1n) is 6.54. The Labute approximate surface area is 126 Å². The molecule has 1 heterocycles. The first kappa shape index (κ1) is 15.4. The van der Waals surface area contributed by atoms with Gasteiger partial charge in [0, 0.05) is 43.6 Å². The number of para-hydroxylation sites is 1. The van der Waals surface area contributed by atoms with Gasteiger partial charge in [-0.25, -0.2) is 0 Å². The molecule has 0 aliphatic heterocycles. The average molecular weight is 301 g/mol. The van der Waals surface area contributed by atoms with Gasteiger partial charge in [-0.3, -0.25) is 19.7 Å². The largest absolute Gasteiger partial charge is 0.337 e. The lowest BCUT2D eigenvalue weighted by atomic mass is 10.1. The topological polar surface area (TPSA) is 85.4 Å². The molecule has 2 rings (SSSR count). The van der Waals surface area contributed by atoms with Crippen LogP contribution in [0.3, 0.4) is 0 Å². The van der Waals surface area contributed by atoms with Crippen LogP contribution in [0.1, 0.15) is 15.9 Å². The summed E-state index contributed by atoms with van der Waals surface area (Å²) in [5, 5.41) is 11.0. The number of hydrogen-bond acceptors (Lipinski definition) is 4. The molecule has 2 aromatic rings. The third-order valence-electron chi connectivity index (χ3n) is 3.29. The molecule has 0 bridgehead atoms. The Bertz CT molecular complexity index is 782. The van der Waals surface area contributed by atoms with E-state index in [0.717, 1.165) is 0 Å². The van der Waals surface area contributed by atoms with Gasteiger partial charge in [0.2, 0.25) is 0 Å². The fraction of sp³-hybridized carbons (Fsp3) is 0.200. The van der Waals surface area contributed by atoms with Crippen LogP contribution in [0, 0.1) is 10.1 Å². The Hall–Kier alpha value is -2.96. The van der Waals surface area contributed by atoms with Gasteiger partial charge in [-0.05, 0) is 6.07 Å². The Morgan fingerprint density at radius 1 is 1.32 bits per heavy atom. The third kappa shape index (κ3) is 3.20. The van der Waals surface area contributed by atoms with Crippen LogP contribution in [0.2, 0.25) is 0 Å². The van der Waals surface area contributed by atoms with E-state index >= 15 is 0 Å². The number of aryl methyl sites for hydroxylation is 1. The molecule has 0 N–H and O–H groups in total. The third-order valence-corrected chi connectivity index (χ3v) is 3.29. The summed E-state index contributed by atoms with van der Waals surface area (Å²) >= 11 is 0. The van der Waals surface area contributed by atoms with Crippen molar-refractivity contribution in [2.45, 2.75) is 6.54 Å². The number of hydrogen-bond donors (Lipinski definition) is 0. The zero-order valence-corrected chi connectivity index (χ0v) is 12.2. The summed E-state index contributed by atoms with van der Waals surface area (Å²) in [5.41, 5.74) is 0.368. The molecule has 0 aliphatic rings. The van der Waals surface area contributed by atoms with Crippen molar-refractivity contribution in [2.75, 3.05) is 7.05 Å². The molecule has 22 heavy (non-hydrogen) atoms. The van der Waals surface area contributed by atoms with E-state index in [1.54, 1.807) is 31.3 Å². The van der Waals surface area contributed by atoms with E-state index in [1.807, 2.05) is 0 Å². The highest BCUT2D eigenvalue weighted by Crippen LogP contribution is 2.19. The molecule has 1 aromatic carbocycles. The summed E-state index contributed by atoms with van der Waals surface area (Å²) in [6.07, 6.45) is 1.51. The summed E-state index contributed by atoms with van der Waals surface area (Å²) in [6, 6.07) is 9.04. The van der Waals surface area contributed by atoms with Crippen molar-refractivity contribution in [1.29, 1.82) is 0 Å². The monoisotopic (exact) mass is 301 g/mol. The zero-order chi connectivity index (χ0) is 16.3. The second kappa shape index (κ2) is 6.21. The van der Waals surface area contributed by atoms with Crippen molar-refractivity contribution in [3.05, 3.63) is 74.2 Å². The fourth-order valence-corrected chi connectivity index (χ4v) is 2.05. The fourth-order valence-electron chi connectivity index (χ4n) is 2.05. The summed E-state index contributed by atoms with van der Waals surface area (Å²) in [4.78, 5) is 35.7. The Balaban J connectivity index is 2.23. The van der Waals surface area contributed by atoms with Crippen molar-refractivity contribution in [3.8, 4) is 0 Å². The van der Waals surface area contributed by atoms with E-state index in [9.17, 15) is 19.7 Å². The molecule has 0 saturated carbocycles. The summed E-state index contributed by atoms with van der Waals surface area (Å²) < 4.78 is 1.36. The number of benzene rings is 1. The predicted octanol–water partition coefficient (Wildman–Crippen LogP) is 1.57. The standard InChI is InChI=1S/C15H15N3O4/c1-16-8-7-11(9-14(16)19)15(20)17(2)10-12-5-3-4-6-13(12)18(21)22/h3-9H,10H2,1-2H3. The van der Waals surface area contributed by atoms with Crippen LogP contribution in [-0.4, -0.2) is 27.3 Å². The molecule has 1 aromatic heterocycles. The number of pyridine rings is 1. The van der Waals surface area contributed by atoms with Gasteiger partial charge in [0.25, 0.3) is 17.2 Å². The average Bonchev–Trinajstić information content (AvgIpc) is 2.49. The van der Waals surface area contributed by atoms with Crippen molar-refractivity contribution >= 4 is 11.6 Å². The van der Waals surface area contributed by atoms with Crippen LogP contribution >= 0.6 is 0 Å². The number of carbonyl (C=O) groups is 1. The lowest BCUT2D eigenvalue weighted by Crippen LogP contribution is -2.28. The summed E-state index contributed by atoms with van der Waals surface area (Å²) in [5.74, 6) is -0.365. The van der Waals surface area contributed by atoms with Crippen LogP contribution in [0.15, 0.2) is 47.4 Å². The van der Waals surface area contributed by atoms with Gasteiger partial charge in [-0.15, -0.1) is 0 Å². The lowest BCUT2D eigenvalue weighted by Gasteiger charge is -2.17. The lowest BCUT2D eigenvalue weighted by molar-refractivity contribution is -0.385. The van der Waals surface area contributed by atoms with Crippen LogP contribution in [-0.2, 0) is 13.6 Å². The van der Waals surface area contributed by atoms with Gasteiger partial charge in [0.1, 0.15) is 0 Å². The number of nitro groups is 1. The molecular formula is C15H15N3O4. The highest BCUT2D eigenvalue weighted by molar-refractivity contribution is 5.93. The molecule has 0 saturated heterocycles. The van der Waals surface area contributed by atoms with E-state index in [2.05, 4.69) is 0 Å². The first-order chi connectivity index (χ1) is 10.4. The molecular weight excluding hydrogens is 286 g/mol. The number of nitrogens with zero attached hydrogens (tertiary/aromatic N) is 3. The molecule has 7 nitrogen and oxygen atoms in total. The number of amides is 1. The van der Waals surface area contributed by atoms with Crippen LogP contribution < -0.4 is 5.56 Å². The molecule has 0 spiro atoms. The molecule has 0 unspecified atom stereocenters. The molecule has 1 amide bonds. The van der Waals surface area contributed by atoms with Crippen LogP contribution in [0.5, 0.6) is 0 Å². The van der Waals surface area contributed by atoms with E-state index in [1.165, 1.54) is 34.8 Å². The van der Waals surface area contributed by atoms with Gasteiger partial charge in [-0.1, -0.05) is 18.2 Å². The molecule has 114 valence electrons. The predicted molar refractivity (Wildman–Crippen MR) is 80.6 cm³/mol. The van der Waals surface area contributed by atoms with Crippen LogP contribution in [0.25, 0.3) is 0 Å². The number of aromatic nitrogens is 1. The van der Waals surface area contributed by atoms with Gasteiger partial charge >= 0.3 is 0 Å². The second-order valence-corrected chi connectivity index (χ2v) is 4.91. The van der Waals surface area contributed by atoms with Crippen molar-refractivity contribution in [2.24, 2.45) is 7.05 Å². The highest BCUT2D eigenvalue weighted by Gasteiger charge is 2.18. The summed E-state index contributed by atoms with van der Waals surface area (Å²) in [6.45, 7) is 0.0885. The second-order valence-electron chi connectivity index (χ2n) is 4.91. The Morgan fingerprint density at radius 3 is 2.64 bits per heavy atom. The quantitative estimate of drug-likeness (QED) is 0.633. The van der Waals surface area contributed by atoms with Gasteiger partial charge in [-0.2, -0.15) is 0 Å². The molecule has 7 heteroatoms. The van der Waals surface area contributed by atoms with E-state index in [-0.39, 0.29) is 29.3 Å². The molecule has 0 fully saturated rings. The number of carbonyl (C=O) groups excluding carboxylic acids is 1. The zero-order valence-electron chi connectivity index (χ0n) is 12.2. The number of rotatable bonds is 4. The van der Waals surface area contributed by atoms with E-state index in [0.29, 0.717) is 5.56 Å². The van der Waals surface area contributed by atoms with Crippen LogP contribution in [0.4, 0.5) is 5.69 Å². The van der Waals surface area contributed by atoms with Crippen molar-refractivity contribution < 1.29 is 9.72 Å². The smallest absolute Gasteiger partial charge is 0.274 e. The van der Waals surface area contributed by atoms with Crippen molar-refractivity contribution in [3.63, 3.8) is 0 Å². The van der Waals surface area contributed by atoms with E-state index < -0.39 is 4.92 Å². The Morgan fingerprint density at radius 2 is 2.00 bits per heavy atom. The maximum Gasteiger partial charge on any atom is 0.274 e. The van der Waals surface area contributed by atoms with E-state index in [4.69, 9.17) is 0 Å².